The van der Waals surface area contributed by atoms with Gasteiger partial charge in [0.2, 0.25) is 0 Å². The zero-order valence-electron chi connectivity index (χ0n) is 11.7. The van der Waals surface area contributed by atoms with Crippen molar-refractivity contribution < 1.29 is 14.3 Å². The summed E-state index contributed by atoms with van der Waals surface area (Å²) in [5.74, 6) is 0.692. The van der Waals surface area contributed by atoms with Crippen molar-refractivity contribution in [2.45, 2.75) is 19.9 Å². The first-order chi connectivity index (χ1) is 8.99. The summed E-state index contributed by atoms with van der Waals surface area (Å²) in [6.45, 7) is 4.58. The fraction of sp³-hybridized carbons (Fsp3) is 0.500. The second kappa shape index (κ2) is 7.50. The quantitative estimate of drug-likeness (QED) is 0.872. The Hall–Kier alpha value is -1.07. The van der Waals surface area contributed by atoms with Gasteiger partial charge in [0, 0.05) is 11.6 Å². The molecule has 0 aliphatic heterocycles. The van der Waals surface area contributed by atoms with E-state index < -0.39 is 0 Å². The van der Waals surface area contributed by atoms with Gasteiger partial charge in [-0.3, -0.25) is 4.79 Å². The Bertz CT molecular complexity index is 435. The van der Waals surface area contributed by atoms with Crippen LogP contribution in [-0.2, 0) is 4.74 Å². The maximum atomic E-state index is 12.3. The molecule has 1 aromatic rings. The van der Waals surface area contributed by atoms with Gasteiger partial charge in [0.25, 0.3) is 5.91 Å². The minimum Gasteiger partial charge on any atom is -0.496 e. The summed E-state index contributed by atoms with van der Waals surface area (Å²) in [5.41, 5.74) is 0.521. The van der Waals surface area contributed by atoms with Gasteiger partial charge in [-0.2, -0.15) is 0 Å². The van der Waals surface area contributed by atoms with Crippen LogP contribution in [0.5, 0.6) is 5.75 Å². The Morgan fingerprint density at radius 2 is 2.05 bits per heavy atom. The smallest absolute Gasteiger partial charge is 0.255 e. The van der Waals surface area contributed by atoms with Crippen molar-refractivity contribution in [3.8, 4) is 5.75 Å². The average molecular weight is 330 g/mol. The van der Waals surface area contributed by atoms with E-state index in [2.05, 4.69) is 21.2 Å². The topological polar surface area (TPSA) is 47.6 Å². The summed E-state index contributed by atoms with van der Waals surface area (Å²) in [6, 6.07) is 5.31. The second-order valence-corrected chi connectivity index (χ2v) is 5.54. The molecule has 19 heavy (non-hydrogen) atoms. The number of halogens is 1. The molecular formula is C14H20BrNO3. The van der Waals surface area contributed by atoms with Crippen LogP contribution >= 0.6 is 15.9 Å². The predicted octanol–water partition coefficient (Wildman–Crippen LogP) is 2.86. The molecule has 5 heteroatoms. The lowest BCUT2D eigenvalue weighted by Crippen LogP contribution is -2.41. The summed E-state index contributed by atoms with van der Waals surface area (Å²) in [4.78, 5) is 12.3. The van der Waals surface area contributed by atoms with Crippen LogP contribution in [0, 0.1) is 5.92 Å². The zero-order chi connectivity index (χ0) is 14.4. The van der Waals surface area contributed by atoms with E-state index in [1.807, 2.05) is 19.9 Å². The van der Waals surface area contributed by atoms with E-state index in [1.54, 1.807) is 26.4 Å². The van der Waals surface area contributed by atoms with Crippen LogP contribution in [0.3, 0.4) is 0 Å². The first-order valence-corrected chi connectivity index (χ1v) is 6.92. The van der Waals surface area contributed by atoms with E-state index in [0.29, 0.717) is 23.8 Å². The van der Waals surface area contributed by atoms with Crippen LogP contribution in [0.2, 0.25) is 0 Å². The van der Waals surface area contributed by atoms with Crippen LogP contribution in [0.1, 0.15) is 24.2 Å². The number of carbonyl (C=O) groups is 1. The van der Waals surface area contributed by atoms with Crippen molar-refractivity contribution in [2.24, 2.45) is 5.92 Å². The summed E-state index contributed by atoms with van der Waals surface area (Å²) >= 11 is 3.35. The second-order valence-electron chi connectivity index (χ2n) is 4.62. The number of carbonyl (C=O) groups excluding carboxylic acids is 1. The third-order valence-electron chi connectivity index (χ3n) is 2.88. The highest BCUT2D eigenvalue weighted by Crippen LogP contribution is 2.23. The van der Waals surface area contributed by atoms with E-state index in [9.17, 15) is 4.79 Å². The molecule has 0 aliphatic rings. The lowest BCUT2D eigenvalue weighted by Gasteiger charge is -2.22. The standard InChI is InChI=1S/C14H20BrNO3/c1-9(2)12(8-18-3)16-14(17)11-6-5-10(15)7-13(11)19-4/h5-7,9,12H,8H2,1-4H3,(H,16,17). The normalized spacial score (nSPS) is 12.3. The van der Waals surface area contributed by atoms with Crippen molar-refractivity contribution in [2.75, 3.05) is 20.8 Å². The van der Waals surface area contributed by atoms with Gasteiger partial charge in [0.15, 0.2) is 0 Å². The predicted molar refractivity (Wildman–Crippen MR) is 78.7 cm³/mol. The van der Waals surface area contributed by atoms with Gasteiger partial charge in [-0.15, -0.1) is 0 Å². The largest absolute Gasteiger partial charge is 0.496 e. The summed E-state index contributed by atoms with van der Waals surface area (Å²) in [6.07, 6.45) is 0. The van der Waals surface area contributed by atoms with Gasteiger partial charge in [-0.1, -0.05) is 29.8 Å². The molecule has 1 aromatic carbocycles. The number of benzene rings is 1. The minimum atomic E-state index is -0.153. The SMILES string of the molecule is COCC(NC(=O)c1ccc(Br)cc1OC)C(C)C. The average Bonchev–Trinajstić information content (AvgIpc) is 2.37. The molecule has 1 N–H and O–H groups in total. The monoisotopic (exact) mass is 329 g/mol. The number of rotatable bonds is 6. The van der Waals surface area contributed by atoms with E-state index in [0.717, 1.165) is 4.47 Å². The van der Waals surface area contributed by atoms with E-state index in [-0.39, 0.29) is 11.9 Å². The van der Waals surface area contributed by atoms with Gasteiger partial charge in [0.05, 0.1) is 25.3 Å². The van der Waals surface area contributed by atoms with Crippen LogP contribution in [0.25, 0.3) is 0 Å². The molecule has 106 valence electrons. The third-order valence-corrected chi connectivity index (χ3v) is 3.37. The molecular weight excluding hydrogens is 310 g/mol. The van der Waals surface area contributed by atoms with Crippen LogP contribution in [0.15, 0.2) is 22.7 Å². The first-order valence-electron chi connectivity index (χ1n) is 6.13. The molecule has 1 unspecified atom stereocenters. The maximum Gasteiger partial charge on any atom is 0.255 e. The van der Waals surface area contributed by atoms with Crippen LogP contribution in [0.4, 0.5) is 0 Å². The summed E-state index contributed by atoms with van der Waals surface area (Å²) in [7, 11) is 3.18. The molecule has 0 spiro atoms. The fourth-order valence-corrected chi connectivity index (χ4v) is 2.02. The van der Waals surface area contributed by atoms with Gasteiger partial charge < -0.3 is 14.8 Å². The maximum absolute atomic E-state index is 12.3. The molecule has 0 aromatic heterocycles. The van der Waals surface area contributed by atoms with Crippen molar-refractivity contribution in [1.82, 2.24) is 5.32 Å². The van der Waals surface area contributed by atoms with E-state index in [1.165, 1.54) is 0 Å². The van der Waals surface area contributed by atoms with Crippen molar-refractivity contribution in [1.29, 1.82) is 0 Å². The van der Waals surface area contributed by atoms with Crippen LogP contribution < -0.4 is 10.1 Å². The third kappa shape index (κ3) is 4.51. The lowest BCUT2D eigenvalue weighted by molar-refractivity contribution is 0.0863. The van der Waals surface area contributed by atoms with Crippen molar-refractivity contribution in [3.05, 3.63) is 28.2 Å². The number of hydrogen-bond donors (Lipinski definition) is 1. The minimum absolute atomic E-state index is 0.0224. The first kappa shape index (κ1) is 16.0. The lowest BCUT2D eigenvalue weighted by atomic mass is 10.0. The van der Waals surface area contributed by atoms with Crippen molar-refractivity contribution in [3.63, 3.8) is 0 Å². The molecule has 0 bridgehead atoms. The zero-order valence-corrected chi connectivity index (χ0v) is 13.3. The molecule has 0 heterocycles. The Balaban J connectivity index is 2.88. The Kier molecular flexibility index (Phi) is 6.31. The van der Waals surface area contributed by atoms with E-state index in [4.69, 9.17) is 9.47 Å². The highest BCUT2D eigenvalue weighted by Gasteiger charge is 2.19. The van der Waals surface area contributed by atoms with Gasteiger partial charge in [-0.25, -0.2) is 0 Å². The van der Waals surface area contributed by atoms with Gasteiger partial charge in [0.1, 0.15) is 5.75 Å². The molecule has 0 fully saturated rings. The number of methoxy groups -OCH3 is 2. The molecule has 0 aliphatic carbocycles. The Labute approximate surface area is 122 Å². The number of nitrogens with one attached hydrogen (secondary N) is 1. The summed E-state index contributed by atoms with van der Waals surface area (Å²) < 4.78 is 11.2. The Morgan fingerprint density at radius 3 is 2.58 bits per heavy atom. The molecule has 0 radical (unpaired) electrons. The molecule has 4 nitrogen and oxygen atoms in total. The highest BCUT2D eigenvalue weighted by molar-refractivity contribution is 9.10. The van der Waals surface area contributed by atoms with Crippen LogP contribution in [-0.4, -0.2) is 32.8 Å². The molecule has 1 rings (SSSR count). The molecule has 0 saturated heterocycles. The number of hydrogen-bond acceptors (Lipinski definition) is 3. The summed E-state index contributed by atoms with van der Waals surface area (Å²) in [5, 5.41) is 2.97. The number of amides is 1. The Morgan fingerprint density at radius 1 is 1.37 bits per heavy atom. The van der Waals surface area contributed by atoms with Gasteiger partial charge >= 0.3 is 0 Å². The molecule has 1 atom stereocenters. The fourth-order valence-electron chi connectivity index (χ4n) is 1.68. The number of ether oxygens (including phenoxy) is 2. The van der Waals surface area contributed by atoms with Crippen molar-refractivity contribution >= 4 is 21.8 Å². The molecule has 0 saturated carbocycles. The molecule has 1 amide bonds. The van der Waals surface area contributed by atoms with Gasteiger partial charge in [-0.05, 0) is 24.1 Å². The van der Waals surface area contributed by atoms with E-state index >= 15 is 0 Å². The highest BCUT2D eigenvalue weighted by atomic mass is 79.9.